The second-order valence-corrected chi connectivity index (χ2v) is 4.92. The number of rotatable bonds is 2. The first kappa shape index (κ1) is 12.2. The highest BCUT2D eigenvalue weighted by Crippen LogP contribution is 2.37. The number of hydrogen-bond acceptors (Lipinski definition) is 6. The minimum absolute atomic E-state index is 0.00386. The zero-order chi connectivity index (χ0) is 13.6. The Kier molecular flexibility index (Phi) is 2.64. The van der Waals surface area contributed by atoms with Gasteiger partial charge >= 0.3 is 6.08 Å². The number of aliphatic hydroxyl groups is 1. The van der Waals surface area contributed by atoms with Gasteiger partial charge in [-0.2, -0.15) is 14.4 Å². The van der Waals surface area contributed by atoms with Gasteiger partial charge < -0.3 is 15.6 Å². The van der Waals surface area contributed by atoms with E-state index in [2.05, 4.69) is 15.0 Å². The van der Waals surface area contributed by atoms with E-state index in [0.717, 1.165) is 0 Å². The third-order valence-electron chi connectivity index (χ3n) is 3.41. The molecule has 2 aromatic heterocycles. The average molecular weight is 267 g/mol. The maximum absolute atomic E-state index is 13.2. The standard InChI is InChI=1S/C11H14FN5O2/c1-11(4-18)3-2-6(19-11)17-5-14-7-8(13)15-10(12)16-9(7)17/h5-6,18H,2-4H2,1H3,(H2,13,15,16)/t6?,11-/m0/s1. The Bertz CT molecular complexity index is 631. The Morgan fingerprint density at radius 1 is 1.63 bits per heavy atom. The number of anilines is 1. The van der Waals surface area contributed by atoms with E-state index in [1.807, 2.05) is 6.92 Å². The van der Waals surface area contributed by atoms with E-state index >= 15 is 0 Å². The minimum Gasteiger partial charge on any atom is -0.393 e. The number of nitrogens with zero attached hydrogens (tertiary/aromatic N) is 4. The molecule has 3 N–H and O–H groups in total. The molecule has 0 aromatic carbocycles. The van der Waals surface area contributed by atoms with Gasteiger partial charge in [-0.1, -0.05) is 0 Å². The van der Waals surface area contributed by atoms with Crippen LogP contribution in [0.3, 0.4) is 0 Å². The van der Waals surface area contributed by atoms with E-state index in [1.54, 1.807) is 4.57 Å². The van der Waals surface area contributed by atoms with Crippen molar-refractivity contribution < 1.29 is 14.2 Å². The zero-order valence-corrected chi connectivity index (χ0v) is 10.4. The molecule has 1 aliphatic heterocycles. The number of nitrogens with two attached hydrogens (primary N) is 1. The third-order valence-corrected chi connectivity index (χ3v) is 3.41. The van der Waals surface area contributed by atoms with Gasteiger partial charge in [-0.05, 0) is 19.8 Å². The number of nitrogen functional groups attached to an aromatic ring is 1. The molecule has 0 amide bonds. The Labute approximate surface area is 108 Å². The Morgan fingerprint density at radius 3 is 3.11 bits per heavy atom. The lowest BCUT2D eigenvalue weighted by molar-refractivity contribution is -0.0854. The number of ether oxygens (including phenoxy) is 1. The molecule has 7 nitrogen and oxygen atoms in total. The molecule has 102 valence electrons. The first-order valence-corrected chi connectivity index (χ1v) is 5.97. The fraction of sp³-hybridized carbons (Fsp3) is 0.545. The summed E-state index contributed by atoms with van der Waals surface area (Å²) in [4.78, 5) is 11.2. The summed E-state index contributed by atoms with van der Waals surface area (Å²) in [7, 11) is 0. The molecule has 2 atom stereocenters. The van der Waals surface area contributed by atoms with E-state index in [1.165, 1.54) is 6.33 Å². The van der Waals surface area contributed by atoms with Gasteiger partial charge in [-0.25, -0.2) is 4.98 Å². The molecule has 0 radical (unpaired) electrons. The quantitative estimate of drug-likeness (QED) is 0.773. The lowest BCUT2D eigenvalue weighted by Crippen LogP contribution is -2.28. The molecule has 0 bridgehead atoms. The van der Waals surface area contributed by atoms with Crippen molar-refractivity contribution in [2.45, 2.75) is 31.6 Å². The first-order valence-electron chi connectivity index (χ1n) is 5.97. The van der Waals surface area contributed by atoms with Gasteiger partial charge in [0.2, 0.25) is 0 Å². The number of fused-ring (bicyclic) bond motifs is 1. The van der Waals surface area contributed by atoms with Crippen LogP contribution in [0.4, 0.5) is 10.2 Å². The molecular formula is C11H14FN5O2. The van der Waals surface area contributed by atoms with E-state index in [4.69, 9.17) is 10.5 Å². The summed E-state index contributed by atoms with van der Waals surface area (Å²) in [5.41, 5.74) is 5.67. The predicted octanol–water partition coefficient (Wildman–Crippen LogP) is 0.608. The lowest BCUT2D eigenvalue weighted by Gasteiger charge is -2.22. The second kappa shape index (κ2) is 4.10. The third kappa shape index (κ3) is 1.92. The Hall–Kier alpha value is -1.80. The van der Waals surface area contributed by atoms with Gasteiger partial charge in [0.15, 0.2) is 17.0 Å². The van der Waals surface area contributed by atoms with Crippen molar-refractivity contribution in [1.82, 2.24) is 19.5 Å². The maximum atomic E-state index is 13.2. The van der Waals surface area contributed by atoms with Crippen molar-refractivity contribution in [3.8, 4) is 0 Å². The van der Waals surface area contributed by atoms with Crippen LogP contribution < -0.4 is 5.73 Å². The van der Waals surface area contributed by atoms with Gasteiger partial charge in [0.1, 0.15) is 6.23 Å². The fourth-order valence-corrected chi connectivity index (χ4v) is 2.31. The molecule has 1 saturated heterocycles. The summed E-state index contributed by atoms with van der Waals surface area (Å²) in [6.45, 7) is 1.76. The molecule has 2 aromatic rings. The summed E-state index contributed by atoms with van der Waals surface area (Å²) < 4.78 is 20.6. The number of hydrogen-bond donors (Lipinski definition) is 2. The van der Waals surface area contributed by atoms with Crippen molar-refractivity contribution >= 4 is 17.0 Å². The molecule has 0 aliphatic carbocycles. The molecule has 1 fully saturated rings. The van der Waals surface area contributed by atoms with Crippen LogP contribution >= 0.6 is 0 Å². The van der Waals surface area contributed by atoms with Gasteiger partial charge in [0.05, 0.1) is 18.5 Å². The van der Waals surface area contributed by atoms with Gasteiger partial charge in [0, 0.05) is 0 Å². The summed E-state index contributed by atoms with van der Waals surface area (Å²) in [5, 5.41) is 9.29. The van der Waals surface area contributed by atoms with Crippen LogP contribution in [0.25, 0.3) is 11.2 Å². The predicted molar refractivity (Wildman–Crippen MR) is 64.5 cm³/mol. The highest BCUT2D eigenvalue weighted by atomic mass is 19.1. The van der Waals surface area contributed by atoms with E-state index in [-0.39, 0.29) is 18.7 Å². The fourth-order valence-electron chi connectivity index (χ4n) is 2.31. The topological polar surface area (TPSA) is 99.1 Å². The second-order valence-electron chi connectivity index (χ2n) is 4.92. The normalized spacial score (nSPS) is 27.2. The highest BCUT2D eigenvalue weighted by molar-refractivity contribution is 5.81. The van der Waals surface area contributed by atoms with Crippen LogP contribution in [0.5, 0.6) is 0 Å². The average Bonchev–Trinajstić information content (AvgIpc) is 2.94. The maximum Gasteiger partial charge on any atom is 0.312 e. The molecular weight excluding hydrogens is 253 g/mol. The van der Waals surface area contributed by atoms with Crippen molar-refractivity contribution in [2.24, 2.45) is 0 Å². The first-order chi connectivity index (χ1) is 9.02. The molecule has 3 heterocycles. The van der Waals surface area contributed by atoms with Crippen LogP contribution in [0, 0.1) is 6.08 Å². The zero-order valence-electron chi connectivity index (χ0n) is 10.4. The summed E-state index contributed by atoms with van der Waals surface area (Å²) in [6, 6.07) is 0. The Morgan fingerprint density at radius 2 is 2.42 bits per heavy atom. The van der Waals surface area contributed by atoms with Crippen LogP contribution in [0.1, 0.15) is 26.0 Å². The van der Waals surface area contributed by atoms with Crippen molar-refractivity contribution in [1.29, 1.82) is 0 Å². The van der Waals surface area contributed by atoms with E-state index in [0.29, 0.717) is 24.0 Å². The number of aromatic nitrogens is 4. The van der Waals surface area contributed by atoms with Crippen molar-refractivity contribution in [3.05, 3.63) is 12.4 Å². The Balaban J connectivity index is 2.03. The van der Waals surface area contributed by atoms with Gasteiger partial charge in [-0.3, -0.25) is 4.57 Å². The summed E-state index contributed by atoms with van der Waals surface area (Å²) in [6.07, 6.45) is 1.67. The van der Waals surface area contributed by atoms with Gasteiger partial charge in [0.25, 0.3) is 0 Å². The monoisotopic (exact) mass is 267 g/mol. The number of halogens is 1. The molecule has 0 spiro atoms. The molecule has 0 saturated carbocycles. The minimum atomic E-state index is -0.894. The highest BCUT2D eigenvalue weighted by Gasteiger charge is 2.37. The molecule has 1 aliphatic rings. The van der Waals surface area contributed by atoms with Gasteiger partial charge in [-0.15, -0.1) is 0 Å². The van der Waals surface area contributed by atoms with Crippen molar-refractivity contribution in [2.75, 3.05) is 12.3 Å². The molecule has 3 rings (SSSR count). The smallest absolute Gasteiger partial charge is 0.312 e. The molecule has 8 heteroatoms. The number of imidazole rings is 1. The van der Waals surface area contributed by atoms with Crippen LogP contribution in [0.2, 0.25) is 0 Å². The van der Waals surface area contributed by atoms with E-state index in [9.17, 15) is 9.50 Å². The lowest BCUT2D eigenvalue weighted by atomic mass is 10.0. The van der Waals surface area contributed by atoms with Crippen LogP contribution in [0.15, 0.2) is 6.33 Å². The van der Waals surface area contributed by atoms with Crippen molar-refractivity contribution in [3.63, 3.8) is 0 Å². The molecule has 1 unspecified atom stereocenters. The summed E-state index contributed by atoms with van der Waals surface area (Å²) >= 11 is 0. The van der Waals surface area contributed by atoms with E-state index < -0.39 is 11.7 Å². The molecule has 19 heavy (non-hydrogen) atoms. The largest absolute Gasteiger partial charge is 0.393 e. The van der Waals surface area contributed by atoms with Crippen LogP contribution in [-0.4, -0.2) is 36.8 Å². The summed E-state index contributed by atoms with van der Waals surface area (Å²) in [5.74, 6) is 0.00386. The van der Waals surface area contributed by atoms with Crippen LogP contribution in [-0.2, 0) is 4.74 Å². The number of aliphatic hydroxyl groups excluding tert-OH is 1. The SMILES string of the molecule is C[C@@]1(CO)CCC(n2cnc3c(N)nc(F)nc32)O1.